The van der Waals surface area contributed by atoms with Gasteiger partial charge in [0.1, 0.15) is 0 Å². The molecule has 0 heterocycles. The van der Waals surface area contributed by atoms with Gasteiger partial charge in [0.05, 0.1) is 0 Å². The van der Waals surface area contributed by atoms with Crippen molar-refractivity contribution in [2.24, 2.45) is 0 Å². The van der Waals surface area contributed by atoms with Gasteiger partial charge in [-0.3, -0.25) is 4.79 Å². The van der Waals surface area contributed by atoms with E-state index in [4.69, 9.17) is 11.6 Å². The van der Waals surface area contributed by atoms with Crippen molar-refractivity contribution in [3.8, 4) is 0 Å². The van der Waals surface area contributed by atoms with Gasteiger partial charge in [-0.2, -0.15) is 0 Å². The molecule has 2 N–H and O–H groups in total. The van der Waals surface area contributed by atoms with Gasteiger partial charge in [-0.1, -0.05) is 29.8 Å². The summed E-state index contributed by atoms with van der Waals surface area (Å²) in [6.07, 6.45) is 0.419. The highest BCUT2D eigenvalue weighted by Crippen LogP contribution is 2.18. The third-order valence-corrected chi connectivity index (χ3v) is 4.45. The Morgan fingerprint density at radius 2 is 1.72 bits per heavy atom. The van der Waals surface area contributed by atoms with E-state index in [0.717, 1.165) is 29.4 Å². The number of nitrogens with one attached hydrogen (secondary N) is 2. The van der Waals surface area contributed by atoms with Crippen LogP contribution in [0.25, 0.3) is 0 Å². The molecule has 0 aliphatic carbocycles. The van der Waals surface area contributed by atoms with E-state index in [1.54, 1.807) is 0 Å². The largest absolute Gasteiger partial charge is 0.372 e. The molecule has 0 unspecified atom stereocenters. The molecule has 0 saturated carbocycles. The molecule has 0 atom stereocenters. The number of nitrogens with zero attached hydrogens (tertiary/aromatic N) is 1. The molecule has 134 valence electrons. The van der Waals surface area contributed by atoms with Crippen LogP contribution in [-0.2, 0) is 11.3 Å². The lowest BCUT2D eigenvalue weighted by molar-refractivity contribution is -0.116. The average molecular weight is 360 g/mol. The minimum Gasteiger partial charge on any atom is -0.372 e. The van der Waals surface area contributed by atoms with Crippen molar-refractivity contribution in [3.05, 3.63) is 59.1 Å². The second kappa shape index (κ2) is 10.1. The first-order valence-corrected chi connectivity index (χ1v) is 9.10. The number of halogens is 1. The molecule has 0 radical (unpaired) electrons. The molecular weight excluding hydrogens is 334 g/mol. The van der Waals surface area contributed by atoms with Gasteiger partial charge in [-0.25, -0.2) is 0 Å². The Hall–Kier alpha value is -2.04. The normalized spacial score (nSPS) is 10.5. The smallest absolute Gasteiger partial charge is 0.225 e. The monoisotopic (exact) mass is 359 g/mol. The summed E-state index contributed by atoms with van der Waals surface area (Å²) in [7, 11) is 0. The number of carbonyl (C=O) groups excluding carboxylic acids is 1. The highest BCUT2D eigenvalue weighted by molar-refractivity contribution is 6.31. The lowest BCUT2D eigenvalue weighted by atomic mass is 10.2. The minimum atomic E-state index is 0.00208. The maximum atomic E-state index is 12.0. The second-order valence-electron chi connectivity index (χ2n) is 5.79. The molecule has 2 aromatic rings. The molecule has 0 bridgehead atoms. The SMILES string of the molecule is CCN(CC)c1ccc(NC(=O)CCNCc2ccccc2Cl)cc1. The Morgan fingerprint density at radius 3 is 2.36 bits per heavy atom. The van der Waals surface area contributed by atoms with E-state index < -0.39 is 0 Å². The summed E-state index contributed by atoms with van der Waals surface area (Å²) >= 11 is 6.11. The summed E-state index contributed by atoms with van der Waals surface area (Å²) in [4.78, 5) is 14.3. The zero-order valence-electron chi connectivity index (χ0n) is 14.9. The maximum Gasteiger partial charge on any atom is 0.225 e. The summed E-state index contributed by atoms with van der Waals surface area (Å²) in [5, 5.41) is 6.92. The summed E-state index contributed by atoms with van der Waals surface area (Å²) in [6.45, 7) is 7.47. The lowest BCUT2D eigenvalue weighted by Crippen LogP contribution is -2.22. The molecule has 0 aliphatic heterocycles. The third-order valence-electron chi connectivity index (χ3n) is 4.08. The first-order chi connectivity index (χ1) is 12.1. The van der Waals surface area contributed by atoms with E-state index >= 15 is 0 Å². The number of carbonyl (C=O) groups is 1. The third kappa shape index (κ3) is 6.07. The molecule has 2 rings (SSSR count). The van der Waals surface area contributed by atoms with Crippen LogP contribution in [0.2, 0.25) is 5.02 Å². The summed E-state index contributed by atoms with van der Waals surface area (Å²) in [5.74, 6) is 0.00208. The topological polar surface area (TPSA) is 44.4 Å². The molecular formula is C20H26ClN3O. The van der Waals surface area contributed by atoms with E-state index in [0.29, 0.717) is 19.5 Å². The van der Waals surface area contributed by atoms with E-state index in [1.807, 2.05) is 48.5 Å². The fraction of sp³-hybridized carbons (Fsp3) is 0.350. The summed E-state index contributed by atoms with van der Waals surface area (Å²) in [5.41, 5.74) is 3.04. The number of anilines is 2. The number of rotatable bonds is 9. The molecule has 2 aromatic carbocycles. The van der Waals surface area contributed by atoms with Crippen molar-refractivity contribution in [3.63, 3.8) is 0 Å². The standard InChI is InChI=1S/C20H26ClN3O/c1-3-24(4-2)18-11-9-17(10-12-18)23-20(25)13-14-22-15-16-7-5-6-8-19(16)21/h5-12,22H,3-4,13-15H2,1-2H3,(H,23,25). The van der Waals surface area contributed by atoms with Crippen molar-refractivity contribution in [2.75, 3.05) is 29.9 Å². The molecule has 4 nitrogen and oxygen atoms in total. The van der Waals surface area contributed by atoms with Crippen LogP contribution in [0.15, 0.2) is 48.5 Å². The zero-order chi connectivity index (χ0) is 18.1. The highest BCUT2D eigenvalue weighted by atomic mass is 35.5. The molecule has 25 heavy (non-hydrogen) atoms. The molecule has 0 spiro atoms. The first-order valence-electron chi connectivity index (χ1n) is 8.73. The predicted molar refractivity (Wildman–Crippen MR) is 106 cm³/mol. The molecule has 0 saturated heterocycles. The van der Waals surface area contributed by atoms with Crippen molar-refractivity contribution >= 4 is 28.9 Å². The van der Waals surface area contributed by atoms with Gasteiger partial charge in [0.2, 0.25) is 5.91 Å². The number of hydrogen-bond acceptors (Lipinski definition) is 3. The highest BCUT2D eigenvalue weighted by Gasteiger charge is 2.05. The average Bonchev–Trinajstić information content (AvgIpc) is 2.62. The fourth-order valence-corrected chi connectivity index (χ4v) is 2.84. The Kier molecular flexibility index (Phi) is 7.76. The van der Waals surface area contributed by atoms with Crippen LogP contribution in [0, 0.1) is 0 Å². The van der Waals surface area contributed by atoms with Gasteiger partial charge in [0.15, 0.2) is 0 Å². The van der Waals surface area contributed by atoms with E-state index in [2.05, 4.69) is 29.4 Å². The molecule has 0 aliphatic rings. The number of benzene rings is 2. The van der Waals surface area contributed by atoms with Gasteiger partial charge in [0.25, 0.3) is 0 Å². The van der Waals surface area contributed by atoms with E-state index in [9.17, 15) is 4.79 Å². The van der Waals surface area contributed by atoms with Gasteiger partial charge in [-0.05, 0) is 49.7 Å². The summed E-state index contributed by atoms with van der Waals surface area (Å²) in [6, 6.07) is 15.7. The first kappa shape index (κ1) is 19.3. The van der Waals surface area contributed by atoms with Gasteiger partial charge < -0.3 is 15.5 Å². The molecule has 0 aromatic heterocycles. The van der Waals surface area contributed by atoms with E-state index in [1.165, 1.54) is 5.69 Å². The van der Waals surface area contributed by atoms with Gasteiger partial charge in [-0.15, -0.1) is 0 Å². The number of amides is 1. The molecule has 1 amide bonds. The van der Waals surface area contributed by atoms with Crippen LogP contribution >= 0.6 is 11.6 Å². The minimum absolute atomic E-state index is 0.00208. The van der Waals surface area contributed by atoms with Crippen LogP contribution in [-0.4, -0.2) is 25.5 Å². The number of hydrogen-bond donors (Lipinski definition) is 2. The maximum absolute atomic E-state index is 12.0. The quantitative estimate of drug-likeness (QED) is 0.656. The van der Waals surface area contributed by atoms with Crippen LogP contribution < -0.4 is 15.5 Å². The van der Waals surface area contributed by atoms with Crippen molar-refractivity contribution < 1.29 is 4.79 Å². The van der Waals surface area contributed by atoms with E-state index in [-0.39, 0.29) is 5.91 Å². The fourth-order valence-electron chi connectivity index (χ4n) is 2.63. The summed E-state index contributed by atoms with van der Waals surface area (Å²) < 4.78 is 0. The van der Waals surface area contributed by atoms with Gasteiger partial charge >= 0.3 is 0 Å². The van der Waals surface area contributed by atoms with Crippen molar-refractivity contribution in [1.29, 1.82) is 0 Å². The van der Waals surface area contributed by atoms with Crippen LogP contribution in [0.4, 0.5) is 11.4 Å². The van der Waals surface area contributed by atoms with Crippen molar-refractivity contribution in [2.45, 2.75) is 26.8 Å². The molecule has 0 fully saturated rings. The van der Waals surface area contributed by atoms with Crippen LogP contribution in [0.5, 0.6) is 0 Å². The Balaban J connectivity index is 1.74. The molecule has 5 heteroatoms. The zero-order valence-corrected chi connectivity index (χ0v) is 15.6. The Labute approximate surface area is 155 Å². The van der Waals surface area contributed by atoms with Crippen LogP contribution in [0.1, 0.15) is 25.8 Å². The Bertz CT molecular complexity index is 669. The lowest BCUT2D eigenvalue weighted by Gasteiger charge is -2.21. The van der Waals surface area contributed by atoms with Crippen molar-refractivity contribution in [1.82, 2.24) is 5.32 Å². The van der Waals surface area contributed by atoms with Gasteiger partial charge in [0, 0.05) is 49.0 Å². The van der Waals surface area contributed by atoms with Crippen LogP contribution in [0.3, 0.4) is 0 Å². The predicted octanol–water partition coefficient (Wildman–Crippen LogP) is 4.30. The second-order valence-corrected chi connectivity index (χ2v) is 6.19. The Morgan fingerprint density at radius 1 is 1.04 bits per heavy atom.